The highest BCUT2D eigenvalue weighted by atomic mass is 16.8. The molecule has 9 heteroatoms. The van der Waals surface area contributed by atoms with Crippen LogP contribution in [0.1, 0.15) is 23.9 Å². The minimum Gasteiger partial charge on any atom is -0.595 e. The number of hydrogen-bond acceptors (Lipinski definition) is 8. The van der Waals surface area contributed by atoms with Crippen LogP contribution >= 0.6 is 0 Å². The first-order chi connectivity index (χ1) is 13.1. The SMILES string of the molecule is [O-][NH+](O)c1ccccc1CN1CC(O)CC1c1nc(-c2ccncc2)no1. The van der Waals surface area contributed by atoms with E-state index in [9.17, 15) is 15.5 Å². The Balaban J connectivity index is 1.58. The van der Waals surface area contributed by atoms with Crippen molar-refractivity contribution in [2.75, 3.05) is 6.54 Å². The Morgan fingerprint density at radius 2 is 2.00 bits per heavy atom. The zero-order chi connectivity index (χ0) is 18.8. The molecular formula is C18H19N5O4. The van der Waals surface area contributed by atoms with Crippen LogP contribution in [0.25, 0.3) is 11.4 Å². The van der Waals surface area contributed by atoms with Gasteiger partial charge in [-0.3, -0.25) is 9.88 Å². The van der Waals surface area contributed by atoms with Crippen molar-refractivity contribution in [1.29, 1.82) is 0 Å². The van der Waals surface area contributed by atoms with Gasteiger partial charge in [0.2, 0.25) is 11.7 Å². The second kappa shape index (κ2) is 7.51. The molecule has 2 aromatic heterocycles. The van der Waals surface area contributed by atoms with Gasteiger partial charge in [-0.25, -0.2) is 5.21 Å². The van der Waals surface area contributed by atoms with Crippen molar-refractivity contribution >= 4 is 5.69 Å². The van der Waals surface area contributed by atoms with Gasteiger partial charge in [0, 0.05) is 42.7 Å². The number of likely N-dealkylation sites (tertiary alicyclic amines) is 1. The Kier molecular flexibility index (Phi) is 4.92. The van der Waals surface area contributed by atoms with E-state index in [4.69, 9.17) is 4.52 Å². The number of hydrogen-bond donors (Lipinski definition) is 3. The zero-order valence-corrected chi connectivity index (χ0v) is 14.4. The molecule has 3 atom stereocenters. The molecule has 9 nitrogen and oxygen atoms in total. The van der Waals surface area contributed by atoms with E-state index in [1.807, 2.05) is 4.90 Å². The van der Waals surface area contributed by atoms with E-state index >= 15 is 0 Å². The smallest absolute Gasteiger partial charge is 0.244 e. The average molecular weight is 369 g/mol. The lowest BCUT2D eigenvalue weighted by Crippen LogP contribution is -2.99. The third kappa shape index (κ3) is 3.72. The first-order valence-electron chi connectivity index (χ1n) is 8.59. The molecule has 4 rings (SSSR count). The average Bonchev–Trinajstić information content (AvgIpc) is 3.29. The maximum absolute atomic E-state index is 11.5. The highest BCUT2D eigenvalue weighted by molar-refractivity contribution is 5.52. The number of nitrogens with one attached hydrogen (secondary N) is 1. The summed E-state index contributed by atoms with van der Waals surface area (Å²) in [5.74, 6) is 0.867. The van der Waals surface area contributed by atoms with E-state index in [-0.39, 0.29) is 11.7 Å². The van der Waals surface area contributed by atoms with Gasteiger partial charge in [-0.2, -0.15) is 10.2 Å². The summed E-state index contributed by atoms with van der Waals surface area (Å²) in [6, 6.07) is 10.2. The number of aliphatic hydroxyl groups is 1. The quantitative estimate of drug-likeness (QED) is 0.566. The fourth-order valence-electron chi connectivity index (χ4n) is 3.39. The first-order valence-corrected chi connectivity index (χ1v) is 8.59. The van der Waals surface area contributed by atoms with E-state index in [1.165, 1.54) is 0 Å². The van der Waals surface area contributed by atoms with Crippen molar-refractivity contribution in [2.24, 2.45) is 0 Å². The number of pyridine rings is 1. The Morgan fingerprint density at radius 3 is 2.78 bits per heavy atom. The number of para-hydroxylation sites is 1. The van der Waals surface area contributed by atoms with E-state index in [0.29, 0.717) is 36.8 Å². The summed E-state index contributed by atoms with van der Waals surface area (Å²) >= 11 is 0. The second-order valence-corrected chi connectivity index (χ2v) is 6.49. The standard InChI is InChI=1S/C18H19N5O4/c24-14-9-16(18-20-17(21-27-18)12-5-7-19-8-6-12)22(11-14)10-13-3-1-2-4-15(13)23(25)26/h1-8,14,16,23-25H,9-11H2. The van der Waals surface area contributed by atoms with Crippen molar-refractivity contribution in [3.63, 3.8) is 0 Å². The van der Waals surface area contributed by atoms with Crippen LogP contribution in [0.5, 0.6) is 0 Å². The van der Waals surface area contributed by atoms with Crippen LogP contribution in [0.2, 0.25) is 0 Å². The van der Waals surface area contributed by atoms with Crippen LogP contribution in [0.3, 0.4) is 0 Å². The van der Waals surface area contributed by atoms with E-state index < -0.39 is 11.3 Å². The molecule has 1 aromatic carbocycles. The molecule has 1 aliphatic heterocycles. The predicted molar refractivity (Wildman–Crippen MR) is 93.5 cm³/mol. The van der Waals surface area contributed by atoms with Gasteiger partial charge in [0.15, 0.2) is 5.69 Å². The van der Waals surface area contributed by atoms with Gasteiger partial charge >= 0.3 is 0 Å². The van der Waals surface area contributed by atoms with Gasteiger partial charge in [0.05, 0.1) is 12.1 Å². The minimum absolute atomic E-state index is 0.251. The van der Waals surface area contributed by atoms with Gasteiger partial charge in [-0.1, -0.05) is 23.4 Å². The van der Waals surface area contributed by atoms with Gasteiger partial charge in [0.25, 0.3) is 0 Å². The molecule has 140 valence electrons. The Hall–Kier alpha value is -2.69. The lowest BCUT2D eigenvalue weighted by molar-refractivity contribution is -0.991. The van der Waals surface area contributed by atoms with Crippen LogP contribution in [-0.4, -0.2) is 43.0 Å². The first kappa shape index (κ1) is 17.7. The van der Waals surface area contributed by atoms with Gasteiger partial charge < -0.3 is 14.8 Å². The van der Waals surface area contributed by atoms with Crippen LogP contribution in [0, 0.1) is 5.21 Å². The van der Waals surface area contributed by atoms with Gasteiger partial charge in [-0.05, 0) is 18.6 Å². The molecule has 3 aromatic rings. The van der Waals surface area contributed by atoms with Crippen molar-refractivity contribution in [1.82, 2.24) is 20.0 Å². The number of nitrogens with zero attached hydrogens (tertiary/aromatic N) is 4. The lowest BCUT2D eigenvalue weighted by Gasteiger charge is -2.23. The van der Waals surface area contributed by atoms with Crippen molar-refractivity contribution < 1.29 is 20.1 Å². The van der Waals surface area contributed by atoms with Crippen LogP contribution in [0.15, 0.2) is 53.3 Å². The fraction of sp³-hybridized carbons (Fsp3) is 0.278. The van der Waals surface area contributed by atoms with E-state index in [1.54, 1.807) is 48.8 Å². The topological polar surface area (TPSA) is 123 Å². The largest absolute Gasteiger partial charge is 0.595 e. The molecule has 3 unspecified atom stereocenters. The van der Waals surface area contributed by atoms with Gasteiger partial charge in [0.1, 0.15) is 0 Å². The van der Waals surface area contributed by atoms with Crippen molar-refractivity contribution in [3.05, 3.63) is 65.5 Å². The molecule has 0 amide bonds. The summed E-state index contributed by atoms with van der Waals surface area (Å²) in [4.78, 5) is 10.4. The number of quaternary nitrogens is 1. The third-order valence-corrected chi connectivity index (χ3v) is 4.67. The number of aromatic nitrogens is 3. The summed E-state index contributed by atoms with van der Waals surface area (Å²) in [6.07, 6.45) is 3.22. The Bertz CT molecular complexity index is 902. The molecule has 1 saturated heterocycles. The molecule has 27 heavy (non-hydrogen) atoms. The van der Waals surface area contributed by atoms with Crippen LogP contribution in [0.4, 0.5) is 5.69 Å². The monoisotopic (exact) mass is 369 g/mol. The molecule has 1 fully saturated rings. The van der Waals surface area contributed by atoms with Gasteiger partial charge in [-0.15, -0.1) is 0 Å². The fourth-order valence-corrected chi connectivity index (χ4v) is 3.39. The van der Waals surface area contributed by atoms with Crippen molar-refractivity contribution in [2.45, 2.75) is 25.1 Å². The van der Waals surface area contributed by atoms with E-state index in [0.717, 1.165) is 5.56 Å². The zero-order valence-electron chi connectivity index (χ0n) is 14.4. The van der Waals surface area contributed by atoms with Crippen molar-refractivity contribution in [3.8, 4) is 11.4 Å². The summed E-state index contributed by atoms with van der Waals surface area (Å²) in [5.41, 5.74) is 1.72. The maximum Gasteiger partial charge on any atom is 0.244 e. The molecule has 0 saturated carbocycles. The molecule has 1 aliphatic rings. The number of β-amino-alcohol motifs (C(OH)–C–C–N with tert-alkyl or cyclic N) is 1. The Labute approximate surface area is 155 Å². The minimum atomic E-state index is -0.973. The van der Waals surface area contributed by atoms with E-state index in [2.05, 4.69) is 15.1 Å². The molecule has 0 aliphatic carbocycles. The van der Waals surface area contributed by atoms with Crippen LogP contribution < -0.4 is 5.23 Å². The molecule has 3 N–H and O–H groups in total. The third-order valence-electron chi connectivity index (χ3n) is 4.67. The number of rotatable bonds is 5. The molecule has 0 spiro atoms. The number of aliphatic hydroxyl groups excluding tert-OH is 1. The summed E-state index contributed by atoms with van der Waals surface area (Å²) in [5, 5.41) is 34.1. The second-order valence-electron chi connectivity index (χ2n) is 6.49. The lowest BCUT2D eigenvalue weighted by atomic mass is 10.1. The number of benzene rings is 1. The molecule has 3 heterocycles. The maximum atomic E-state index is 11.5. The molecule has 0 bridgehead atoms. The highest BCUT2D eigenvalue weighted by Crippen LogP contribution is 2.34. The normalized spacial score (nSPS) is 21.4. The van der Waals surface area contributed by atoms with Crippen LogP contribution in [-0.2, 0) is 6.54 Å². The summed E-state index contributed by atoms with van der Waals surface area (Å²) in [6.45, 7) is 0.781. The Morgan fingerprint density at radius 1 is 1.22 bits per heavy atom. The summed E-state index contributed by atoms with van der Waals surface area (Å²) in [7, 11) is 0. The predicted octanol–water partition coefficient (Wildman–Crippen LogP) is 0.843. The summed E-state index contributed by atoms with van der Waals surface area (Å²) < 4.78 is 5.45. The molecule has 0 radical (unpaired) electrons. The molecular weight excluding hydrogens is 350 g/mol. The highest BCUT2D eigenvalue weighted by Gasteiger charge is 2.36.